The summed E-state index contributed by atoms with van der Waals surface area (Å²) in [4.78, 5) is 12.0. The predicted octanol–water partition coefficient (Wildman–Crippen LogP) is 8.80. The van der Waals surface area contributed by atoms with Crippen molar-refractivity contribution < 1.29 is 4.39 Å². The Hall–Kier alpha value is -2.96. The van der Waals surface area contributed by atoms with Crippen LogP contribution in [0.3, 0.4) is 0 Å². The topological polar surface area (TPSA) is 46.0 Å². The molecule has 1 aliphatic heterocycles. The number of halogens is 2. The quantitative estimate of drug-likeness (QED) is 0.234. The Morgan fingerprint density at radius 1 is 1.00 bits per heavy atom. The van der Waals surface area contributed by atoms with E-state index in [-0.39, 0.29) is 0 Å². The number of nitrogens with zero attached hydrogens (tertiary/aromatic N) is 4. The summed E-state index contributed by atoms with van der Waals surface area (Å²) < 4.78 is 16.3. The highest BCUT2D eigenvalue weighted by Gasteiger charge is 2.21. The summed E-state index contributed by atoms with van der Waals surface area (Å²) in [5, 5.41) is 4.53. The molecule has 2 aliphatic rings. The summed E-state index contributed by atoms with van der Waals surface area (Å²) in [6.45, 7) is 2.49. The van der Waals surface area contributed by atoms with Gasteiger partial charge >= 0.3 is 0 Å². The third kappa shape index (κ3) is 6.34. The fraction of sp³-hybridized carbons (Fsp3) is 0.455. The third-order valence-corrected chi connectivity index (χ3v) is 9.06. The van der Waals surface area contributed by atoms with Crippen molar-refractivity contribution in [3.05, 3.63) is 71.3 Å². The molecule has 0 radical (unpaired) electrons. The van der Waals surface area contributed by atoms with E-state index in [2.05, 4.69) is 57.3 Å². The van der Waals surface area contributed by atoms with Gasteiger partial charge in [-0.05, 0) is 93.9 Å². The second-order valence-electron chi connectivity index (χ2n) is 11.8. The van der Waals surface area contributed by atoms with Crippen LogP contribution in [0.2, 0.25) is 5.02 Å². The van der Waals surface area contributed by atoms with Crippen LogP contribution in [-0.2, 0) is 6.42 Å². The van der Waals surface area contributed by atoms with E-state index in [1.165, 1.54) is 86.9 Å². The number of nitrogens with one attached hydrogen (secondary N) is 1. The molecule has 1 saturated heterocycles. The first-order valence-electron chi connectivity index (χ1n) is 14.9. The predicted molar refractivity (Wildman–Crippen MR) is 163 cm³/mol. The number of aryl methyl sites for hydroxylation is 1. The van der Waals surface area contributed by atoms with E-state index in [1.54, 1.807) is 6.07 Å². The lowest BCUT2D eigenvalue weighted by Gasteiger charge is -2.28. The molecular weight excluding hydrogens is 521 g/mol. The molecule has 0 bridgehead atoms. The summed E-state index contributed by atoms with van der Waals surface area (Å²) in [6, 6.07) is 13.9. The van der Waals surface area contributed by atoms with Gasteiger partial charge in [-0.1, -0.05) is 61.5 Å². The first-order chi connectivity index (χ1) is 19.5. The van der Waals surface area contributed by atoms with Gasteiger partial charge in [0.2, 0.25) is 5.95 Å². The SMILES string of the molecule is CN1CCC(CCCc2ccc(-c3cn(C4CCCCC4)c4nc(Nc5cc(F)cc(Cl)c5)ncc34)cc2)CC1. The van der Waals surface area contributed by atoms with Gasteiger partial charge in [0.05, 0.1) is 0 Å². The van der Waals surface area contributed by atoms with E-state index in [1.807, 2.05) is 6.20 Å². The monoisotopic (exact) mass is 559 g/mol. The van der Waals surface area contributed by atoms with Crippen molar-refractivity contribution in [2.24, 2.45) is 5.92 Å². The highest BCUT2D eigenvalue weighted by molar-refractivity contribution is 6.30. The van der Waals surface area contributed by atoms with Crippen LogP contribution < -0.4 is 5.32 Å². The fourth-order valence-corrected chi connectivity index (χ4v) is 6.73. The van der Waals surface area contributed by atoms with Gasteiger partial charge in [0, 0.05) is 40.1 Å². The number of aromatic nitrogens is 3. The van der Waals surface area contributed by atoms with Gasteiger partial charge in [0.1, 0.15) is 11.5 Å². The van der Waals surface area contributed by atoms with Gasteiger partial charge in [0.15, 0.2) is 0 Å². The van der Waals surface area contributed by atoms with Crippen molar-refractivity contribution in [1.82, 2.24) is 19.4 Å². The minimum absolute atomic E-state index is 0.335. The maximum Gasteiger partial charge on any atom is 0.229 e. The average molecular weight is 560 g/mol. The van der Waals surface area contributed by atoms with E-state index < -0.39 is 5.82 Å². The van der Waals surface area contributed by atoms with Crippen molar-refractivity contribution in [3.8, 4) is 11.1 Å². The van der Waals surface area contributed by atoms with E-state index in [0.29, 0.717) is 22.7 Å². The van der Waals surface area contributed by atoms with E-state index in [0.717, 1.165) is 36.2 Å². The molecule has 4 aromatic rings. The second-order valence-corrected chi connectivity index (χ2v) is 12.2. The lowest BCUT2D eigenvalue weighted by molar-refractivity contribution is 0.210. The highest BCUT2D eigenvalue weighted by Crippen LogP contribution is 2.37. The minimum Gasteiger partial charge on any atom is -0.329 e. The van der Waals surface area contributed by atoms with Crippen molar-refractivity contribution in [3.63, 3.8) is 0 Å². The lowest BCUT2D eigenvalue weighted by atomic mass is 9.91. The Balaban J connectivity index is 1.23. The van der Waals surface area contributed by atoms with Crippen LogP contribution in [0.15, 0.2) is 54.9 Å². The van der Waals surface area contributed by atoms with Gasteiger partial charge in [-0.3, -0.25) is 0 Å². The van der Waals surface area contributed by atoms with Crippen LogP contribution in [-0.4, -0.2) is 39.6 Å². The zero-order valence-electron chi connectivity index (χ0n) is 23.4. The highest BCUT2D eigenvalue weighted by atomic mass is 35.5. The van der Waals surface area contributed by atoms with Gasteiger partial charge in [-0.25, -0.2) is 9.37 Å². The number of anilines is 2. The summed E-state index contributed by atoms with van der Waals surface area (Å²) in [6.07, 6.45) is 16.7. The van der Waals surface area contributed by atoms with Crippen molar-refractivity contribution >= 4 is 34.3 Å². The molecule has 0 atom stereocenters. The van der Waals surface area contributed by atoms with E-state index in [9.17, 15) is 4.39 Å². The molecule has 2 aromatic carbocycles. The summed E-state index contributed by atoms with van der Waals surface area (Å²) in [5.74, 6) is 0.934. The Bertz CT molecular complexity index is 1420. The largest absolute Gasteiger partial charge is 0.329 e. The Morgan fingerprint density at radius 2 is 1.77 bits per heavy atom. The minimum atomic E-state index is -0.394. The molecule has 5 nitrogen and oxygen atoms in total. The second kappa shape index (κ2) is 12.3. The average Bonchev–Trinajstić information content (AvgIpc) is 3.33. The number of fused-ring (bicyclic) bond motifs is 1. The van der Waals surface area contributed by atoms with Gasteiger partial charge in [0.25, 0.3) is 0 Å². The smallest absolute Gasteiger partial charge is 0.229 e. The van der Waals surface area contributed by atoms with E-state index >= 15 is 0 Å². The summed E-state index contributed by atoms with van der Waals surface area (Å²) in [7, 11) is 2.23. The van der Waals surface area contributed by atoms with Crippen LogP contribution >= 0.6 is 11.6 Å². The first-order valence-corrected chi connectivity index (χ1v) is 15.3. The standard InChI is InChI=1S/C33H39ClFN5/c1-39-16-14-24(15-17-39)7-5-6-23-10-12-25(13-11-23)31-22-40(29-8-3-2-4-9-29)32-30(31)21-36-33(38-32)37-28-19-26(34)18-27(35)20-28/h10-13,18-22,24,29H,2-9,14-17H2,1H3,(H,36,37,38). The molecule has 2 aromatic heterocycles. The molecule has 210 valence electrons. The summed E-state index contributed by atoms with van der Waals surface area (Å²) in [5.41, 5.74) is 5.22. The number of piperidine rings is 1. The molecule has 7 heteroatoms. The van der Waals surface area contributed by atoms with Crippen LogP contribution in [0.5, 0.6) is 0 Å². The normalized spacial score (nSPS) is 17.5. The Labute approximate surface area is 241 Å². The van der Waals surface area contributed by atoms with Crippen LogP contribution in [0.4, 0.5) is 16.0 Å². The van der Waals surface area contributed by atoms with Gasteiger partial charge < -0.3 is 14.8 Å². The Kier molecular flexibility index (Phi) is 8.35. The third-order valence-electron chi connectivity index (χ3n) is 8.84. The Morgan fingerprint density at radius 3 is 2.52 bits per heavy atom. The van der Waals surface area contributed by atoms with Gasteiger partial charge in [-0.2, -0.15) is 4.98 Å². The molecule has 1 aliphatic carbocycles. The number of rotatable bonds is 8. The van der Waals surface area contributed by atoms with Crippen LogP contribution in [0.1, 0.15) is 69.4 Å². The molecule has 0 unspecified atom stereocenters. The zero-order valence-corrected chi connectivity index (χ0v) is 24.1. The van der Waals surface area contributed by atoms with Crippen molar-refractivity contribution in [2.45, 2.75) is 70.3 Å². The summed E-state index contributed by atoms with van der Waals surface area (Å²) >= 11 is 6.06. The molecular formula is C33H39ClFN5. The fourth-order valence-electron chi connectivity index (χ4n) is 6.51. The molecule has 1 N–H and O–H groups in total. The molecule has 40 heavy (non-hydrogen) atoms. The zero-order chi connectivity index (χ0) is 27.5. The first kappa shape index (κ1) is 27.2. The molecule has 6 rings (SSSR count). The van der Waals surface area contributed by atoms with Crippen LogP contribution in [0.25, 0.3) is 22.2 Å². The maximum absolute atomic E-state index is 13.9. The molecule has 3 heterocycles. The maximum atomic E-state index is 13.9. The molecule has 1 saturated carbocycles. The van der Waals surface area contributed by atoms with E-state index in [4.69, 9.17) is 16.6 Å². The molecule has 0 spiro atoms. The molecule has 2 fully saturated rings. The van der Waals surface area contributed by atoms with Crippen LogP contribution in [0, 0.1) is 11.7 Å². The number of hydrogen-bond acceptors (Lipinski definition) is 4. The van der Waals surface area contributed by atoms with Gasteiger partial charge in [-0.15, -0.1) is 0 Å². The number of hydrogen-bond donors (Lipinski definition) is 1. The molecule has 0 amide bonds. The van der Waals surface area contributed by atoms with Crippen molar-refractivity contribution in [1.29, 1.82) is 0 Å². The lowest BCUT2D eigenvalue weighted by Crippen LogP contribution is -2.30. The van der Waals surface area contributed by atoms with Crippen molar-refractivity contribution in [2.75, 3.05) is 25.5 Å². The number of likely N-dealkylation sites (tertiary alicyclic amines) is 1. The number of benzene rings is 2.